The van der Waals surface area contributed by atoms with E-state index in [0.29, 0.717) is 18.8 Å². The third-order valence-electron chi connectivity index (χ3n) is 2.02. The number of amides is 1. The Hall–Kier alpha value is -1.85. The Kier molecular flexibility index (Phi) is 4.04. The number of hydrogen-bond donors (Lipinski definition) is 2. The number of carbonyl (C=O) groups excluding carboxylic acids is 1. The first-order valence-electron chi connectivity index (χ1n) is 5.04. The Morgan fingerprint density at radius 3 is 2.75 bits per heavy atom. The molecule has 0 bridgehead atoms. The lowest BCUT2D eigenvalue weighted by Gasteiger charge is -2.11. The van der Waals surface area contributed by atoms with Gasteiger partial charge in [-0.25, -0.2) is 4.98 Å². The Balaban J connectivity index is 2.46. The maximum atomic E-state index is 11.3. The lowest BCUT2D eigenvalue weighted by molar-refractivity contribution is -0.128. The Morgan fingerprint density at radius 2 is 2.19 bits per heavy atom. The van der Waals surface area contributed by atoms with Crippen LogP contribution in [0, 0.1) is 6.92 Å². The minimum atomic E-state index is 0.0752. The molecule has 1 heterocycles. The average Bonchev–Trinajstić information content (AvgIpc) is 2.15. The SMILES string of the molecule is Cc1cc(NCCC(=O)N(C)C)nc(N)n1. The molecule has 0 unspecified atom stereocenters. The van der Waals surface area contributed by atoms with Crippen LogP contribution >= 0.6 is 0 Å². The molecule has 88 valence electrons. The zero-order chi connectivity index (χ0) is 12.1. The van der Waals surface area contributed by atoms with Gasteiger partial charge in [0.05, 0.1) is 0 Å². The molecule has 0 saturated heterocycles. The molecule has 16 heavy (non-hydrogen) atoms. The van der Waals surface area contributed by atoms with Crippen LogP contribution in [0.15, 0.2) is 6.07 Å². The minimum absolute atomic E-state index is 0.0752. The number of hydrogen-bond acceptors (Lipinski definition) is 5. The van der Waals surface area contributed by atoms with Crippen molar-refractivity contribution < 1.29 is 4.79 Å². The predicted octanol–water partition coefficient (Wildman–Crippen LogP) is 0.257. The van der Waals surface area contributed by atoms with Gasteiger partial charge in [0, 0.05) is 38.8 Å². The van der Waals surface area contributed by atoms with Gasteiger partial charge in [-0.1, -0.05) is 0 Å². The quantitative estimate of drug-likeness (QED) is 0.764. The van der Waals surface area contributed by atoms with Gasteiger partial charge in [0.1, 0.15) is 5.82 Å². The van der Waals surface area contributed by atoms with Gasteiger partial charge in [0.2, 0.25) is 11.9 Å². The van der Waals surface area contributed by atoms with E-state index in [1.165, 1.54) is 0 Å². The topological polar surface area (TPSA) is 84.1 Å². The first kappa shape index (κ1) is 12.2. The molecule has 0 saturated carbocycles. The van der Waals surface area contributed by atoms with Crippen molar-refractivity contribution >= 4 is 17.7 Å². The fraction of sp³-hybridized carbons (Fsp3) is 0.500. The summed E-state index contributed by atoms with van der Waals surface area (Å²) in [7, 11) is 3.46. The monoisotopic (exact) mass is 223 g/mol. The molecule has 0 fully saturated rings. The Bertz CT molecular complexity index is 357. The molecule has 6 nitrogen and oxygen atoms in total. The van der Waals surface area contributed by atoms with Crippen molar-refractivity contribution in [3.05, 3.63) is 11.8 Å². The van der Waals surface area contributed by atoms with E-state index in [1.54, 1.807) is 25.1 Å². The third-order valence-corrected chi connectivity index (χ3v) is 2.02. The van der Waals surface area contributed by atoms with Crippen LogP contribution in [0.2, 0.25) is 0 Å². The number of carbonyl (C=O) groups is 1. The van der Waals surface area contributed by atoms with E-state index in [1.807, 2.05) is 6.92 Å². The number of nitrogen functional groups attached to an aromatic ring is 1. The van der Waals surface area contributed by atoms with E-state index in [0.717, 1.165) is 5.69 Å². The molecule has 0 spiro atoms. The van der Waals surface area contributed by atoms with Gasteiger partial charge < -0.3 is 16.0 Å². The first-order chi connectivity index (χ1) is 7.49. The molecule has 0 radical (unpaired) electrons. The fourth-order valence-corrected chi connectivity index (χ4v) is 1.20. The number of aryl methyl sites for hydroxylation is 1. The van der Waals surface area contributed by atoms with E-state index in [2.05, 4.69) is 15.3 Å². The molecular formula is C10H17N5O. The molecule has 0 aliphatic rings. The van der Waals surface area contributed by atoms with Crippen molar-refractivity contribution in [2.24, 2.45) is 0 Å². The summed E-state index contributed by atoms with van der Waals surface area (Å²) in [6, 6.07) is 1.79. The number of nitrogens with two attached hydrogens (primary N) is 1. The van der Waals surface area contributed by atoms with Crippen molar-refractivity contribution in [2.75, 3.05) is 31.7 Å². The van der Waals surface area contributed by atoms with Gasteiger partial charge >= 0.3 is 0 Å². The summed E-state index contributed by atoms with van der Waals surface area (Å²) in [4.78, 5) is 20.8. The van der Waals surface area contributed by atoms with Crippen LogP contribution in [0.25, 0.3) is 0 Å². The largest absolute Gasteiger partial charge is 0.369 e. The molecule has 1 aromatic heterocycles. The zero-order valence-electron chi connectivity index (χ0n) is 9.82. The van der Waals surface area contributed by atoms with Crippen LogP contribution in [0.1, 0.15) is 12.1 Å². The lowest BCUT2D eigenvalue weighted by atomic mass is 10.3. The highest BCUT2D eigenvalue weighted by atomic mass is 16.2. The molecule has 0 atom stereocenters. The second-order valence-electron chi connectivity index (χ2n) is 3.72. The Labute approximate surface area is 94.9 Å². The van der Waals surface area contributed by atoms with E-state index in [-0.39, 0.29) is 11.9 Å². The molecule has 6 heteroatoms. The molecule has 0 aliphatic heterocycles. The second-order valence-corrected chi connectivity index (χ2v) is 3.72. The van der Waals surface area contributed by atoms with Crippen LogP contribution in [-0.4, -0.2) is 41.4 Å². The first-order valence-corrected chi connectivity index (χ1v) is 5.04. The van der Waals surface area contributed by atoms with Crippen molar-refractivity contribution in [3.63, 3.8) is 0 Å². The van der Waals surface area contributed by atoms with E-state index in [4.69, 9.17) is 5.73 Å². The average molecular weight is 223 g/mol. The van der Waals surface area contributed by atoms with Gasteiger partial charge in [0.25, 0.3) is 0 Å². The standard InChI is InChI=1S/C10H17N5O/c1-7-6-8(14-10(11)13-7)12-5-4-9(16)15(2)3/h6H,4-5H2,1-3H3,(H3,11,12,13,14). The predicted molar refractivity (Wildman–Crippen MR) is 63.0 cm³/mol. The van der Waals surface area contributed by atoms with E-state index in [9.17, 15) is 4.79 Å². The summed E-state index contributed by atoms with van der Waals surface area (Å²) >= 11 is 0. The summed E-state index contributed by atoms with van der Waals surface area (Å²) in [6.07, 6.45) is 0.427. The highest BCUT2D eigenvalue weighted by molar-refractivity contribution is 5.76. The zero-order valence-corrected chi connectivity index (χ0v) is 9.82. The van der Waals surface area contributed by atoms with Gasteiger partial charge in [-0.2, -0.15) is 4.98 Å². The van der Waals surface area contributed by atoms with Gasteiger partial charge in [-0.15, -0.1) is 0 Å². The van der Waals surface area contributed by atoms with E-state index >= 15 is 0 Å². The van der Waals surface area contributed by atoms with Crippen LogP contribution in [0.5, 0.6) is 0 Å². The summed E-state index contributed by atoms with van der Waals surface area (Å²) in [6.45, 7) is 2.38. The van der Waals surface area contributed by atoms with Gasteiger partial charge in [0.15, 0.2) is 0 Å². The number of aromatic nitrogens is 2. The van der Waals surface area contributed by atoms with Crippen LogP contribution < -0.4 is 11.1 Å². The van der Waals surface area contributed by atoms with Crippen molar-refractivity contribution in [1.82, 2.24) is 14.9 Å². The van der Waals surface area contributed by atoms with E-state index < -0.39 is 0 Å². The normalized spacial score (nSPS) is 9.94. The van der Waals surface area contributed by atoms with Crippen molar-refractivity contribution in [3.8, 4) is 0 Å². The molecule has 3 N–H and O–H groups in total. The number of nitrogens with zero attached hydrogens (tertiary/aromatic N) is 3. The van der Waals surface area contributed by atoms with Crippen molar-refractivity contribution in [2.45, 2.75) is 13.3 Å². The minimum Gasteiger partial charge on any atom is -0.369 e. The van der Waals surface area contributed by atoms with Gasteiger partial charge in [-0.05, 0) is 6.92 Å². The summed E-state index contributed by atoms with van der Waals surface area (Å²) in [5.74, 6) is 0.962. The maximum absolute atomic E-state index is 11.3. The maximum Gasteiger partial charge on any atom is 0.223 e. The third kappa shape index (κ3) is 3.72. The molecule has 1 amide bonds. The highest BCUT2D eigenvalue weighted by Gasteiger charge is 2.04. The molecule has 0 aromatic carbocycles. The van der Waals surface area contributed by atoms with Crippen LogP contribution in [0.4, 0.5) is 11.8 Å². The number of anilines is 2. The van der Waals surface area contributed by atoms with Gasteiger partial charge in [-0.3, -0.25) is 4.79 Å². The molecular weight excluding hydrogens is 206 g/mol. The molecule has 1 rings (SSSR count). The molecule has 0 aliphatic carbocycles. The lowest BCUT2D eigenvalue weighted by Crippen LogP contribution is -2.24. The van der Waals surface area contributed by atoms with Crippen LogP contribution in [-0.2, 0) is 4.79 Å². The second kappa shape index (κ2) is 5.29. The summed E-state index contributed by atoms with van der Waals surface area (Å²) < 4.78 is 0. The summed E-state index contributed by atoms with van der Waals surface area (Å²) in [5.41, 5.74) is 6.30. The van der Waals surface area contributed by atoms with Crippen LogP contribution in [0.3, 0.4) is 0 Å². The number of nitrogens with one attached hydrogen (secondary N) is 1. The summed E-state index contributed by atoms with van der Waals surface area (Å²) in [5, 5.41) is 3.03. The smallest absolute Gasteiger partial charge is 0.223 e. The fourth-order valence-electron chi connectivity index (χ4n) is 1.20. The molecule has 1 aromatic rings. The highest BCUT2D eigenvalue weighted by Crippen LogP contribution is 2.06. The number of rotatable bonds is 4. The van der Waals surface area contributed by atoms with Crippen molar-refractivity contribution in [1.29, 1.82) is 0 Å². The Morgan fingerprint density at radius 1 is 1.50 bits per heavy atom.